The highest BCUT2D eigenvalue weighted by Crippen LogP contribution is 2.48. The van der Waals surface area contributed by atoms with Gasteiger partial charge >= 0.3 is 0 Å². The molecule has 0 N–H and O–H groups in total. The first-order valence-electron chi connectivity index (χ1n) is 7.16. The van der Waals surface area contributed by atoms with Crippen molar-refractivity contribution in [2.24, 2.45) is 23.7 Å². The van der Waals surface area contributed by atoms with Gasteiger partial charge in [0.1, 0.15) is 0 Å². The Morgan fingerprint density at radius 3 is 2.13 bits per heavy atom. The topological polar surface area (TPSA) is 0 Å². The van der Waals surface area contributed by atoms with Gasteiger partial charge in [-0.1, -0.05) is 66.2 Å². The number of unbranched alkanes of at least 4 members (excludes halogenated alkanes) is 2. The van der Waals surface area contributed by atoms with Crippen LogP contribution >= 0.6 is 0 Å². The van der Waals surface area contributed by atoms with Crippen LogP contribution in [-0.4, -0.2) is 0 Å². The normalized spacial score (nSPS) is 31.6. The van der Waals surface area contributed by atoms with Crippen LogP contribution in [0.15, 0.2) is 0 Å². The molecule has 1 aliphatic rings. The summed E-state index contributed by atoms with van der Waals surface area (Å²) in [5, 5.41) is 0. The van der Waals surface area contributed by atoms with Crippen molar-refractivity contribution in [3.8, 4) is 0 Å². The Hall–Kier alpha value is 0. The third-order valence-electron chi connectivity index (χ3n) is 4.56. The molecule has 1 rings (SSSR count). The van der Waals surface area contributed by atoms with Gasteiger partial charge in [-0.3, -0.25) is 0 Å². The van der Waals surface area contributed by atoms with E-state index in [9.17, 15) is 0 Å². The minimum Gasteiger partial charge on any atom is -0.0654 e. The van der Waals surface area contributed by atoms with Crippen LogP contribution in [0.2, 0.25) is 0 Å². The van der Waals surface area contributed by atoms with E-state index in [-0.39, 0.29) is 0 Å². The summed E-state index contributed by atoms with van der Waals surface area (Å²) in [5.41, 5.74) is 0. The predicted octanol–water partition coefficient (Wildman–Crippen LogP) is 5.28. The molecule has 0 heterocycles. The summed E-state index contributed by atoms with van der Waals surface area (Å²) < 4.78 is 0. The lowest BCUT2D eigenvalue weighted by atomic mass is 9.98. The maximum Gasteiger partial charge on any atom is -0.0357 e. The smallest absolute Gasteiger partial charge is 0.0357 e. The molecule has 90 valence electrons. The van der Waals surface area contributed by atoms with Crippen molar-refractivity contribution in [1.82, 2.24) is 0 Å². The Morgan fingerprint density at radius 1 is 0.933 bits per heavy atom. The Bertz CT molecular complexity index is 153. The van der Waals surface area contributed by atoms with E-state index in [2.05, 4.69) is 27.7 Å². The molecule has 0 heteroatoms. The summed E-state index contributed by atoms with van der Waals surface area (Å²) in [6, 6.07) is 0. The lowest BCUT2D eigenvalue weighted by molar-refractivity contribution is 0.448. The molecular weight excluding hydrogens is 180 g/mol. The van der Waals surface area contributed by atoms with E-state index >= 15 is 0 Å². The lowest BCUT2D eigenvalue weighted by Crippen LogP contribution is -1.93. The molecule has 1 fully saturated rings. The average molecular weight is 210 g/mol. The van der Waals surface area contributed by atoms with Gasteiger partial charge in [0.15, 0.2) is 0 Å². The van der Waals surface area contributed by atoms with Gasteiger partial charge in [0, 0.05) is 0 Å². The molecule has 0 aromatic heterocycles. The minimum atomic E-state index is 0.966. The van der Waals surface area contributed by atoms with Crippen LogP contribution < -0.4 is 0 Å². The van der Waals surface area contributed by atoms with E-state index < -0.39 is 0 Å². The van der Waals surface area contributed by atoms with E-state index in [0.717, 1.165) is 23.7 Å². The fraction of sp³-hybridized carbons (Fsp3) is 1.00. The largest absolute Gasteiger partial charge is 0.0654 e. The third kappa shape index (κ3) is 4.57. The van der Waals surface area contributed by atoms with E-state index in [1.165, 1.54) is 44.9 Å². The minimum absolute atomic E-state index is 0.966. The second-order valence-electron chi connectivity index (χ2n) is 5.91. The zero-order valence-electron chi connectivity index (χ0n) is 11.3. The monoisotopic (exact) mass is 210 g/mol. The van der Waals surface area contributed by atoms with Crippen LogP contribution in [0.1, 0.15) is 72.6 Å². The molecule has 0 aliphatic heterocycles. The molecule has 1 saturated carbocycles. The van der Waals surface area contributed by atoms with Gasteiger partial charge in [0.05, 0.1) is 0 Å². The highest BCUT2D eigenvalue weighted by Gasteiger charge is 2.41. The van der Waals surface area contributed by atoms with Gasteiger partial charge in [-0.2, -0.15) is 0 Å². The van der Waals surface area contributed by atoms with Crippen LogP contribution in [-0.2, 0) is 0 Å². The zero-order valence-corrected chi connectivity index (χ0v) is 11.3. The van der Waals surface area contributed by atoms with E-state index in [1.807, 2.05) is 0 Å². The van der Waals surface area contributed by atoms with Crippen LogP contribution in [0, 0.1) is 23.7 Å². The predicted molar refractivity (Wildman–Crippen MR) is 69.0 cm³/mol. The fourth-order valence-corrected chi connectivity index (χ4v) is 2.98. The maximum atomic E-state index is 2.42. The van der Waals surface area contributed by atoms with Crippen LogP contribution in [0.25, 0.3) is 0 Å². The van der Waals surface area contributed by atoms with Gasteiger partial charge in [-0.05, 0) is 30.1 Å². The Morgan fingerprint density at radius 2 is 1.60 bits per heavy atom. The fourth-order valence-electron chi connectivity index (χ4n) is 2.98. The van der Waals surface area contributed by atoms with Gasteiger partial charge < -0.3 is 0 Å². The standard InChI is InChI=1S/C15H30/c1-5-9-12(2)10-7-6-8-11-15-13(3)14(15)4/h12-15H,5-11H2,1-4H3. The highest BCUT2D eigenvalue weighted by atomic mass is 14.5. The first-order valence-corrected chi connectivity index (χ1v) is 7.16. The molecular formula is C15H30. The molecule has 0 nitrogen and oxygen atoms in total. The van der Waals surface area contributed by atoms with Crippen molar-refractivity contribution in [3.63, 3.8) is 0 Å². The summed E-state index contributed by atoms with van der Waals surface area (Å²) in [5.74, 6) is 4.11. The Labute approximate surface area is 96.8 Å². The van der Waals surface area contributed by atoms with E-state index in [1.54, 1.807) is 0 Å². The van der Waals surface area contributed by atoms with Crippen LogP contribution in [0.3, 0.4) is 0 Å². The maximum absolute atomic E-state index is 2.42. The SMILES string of the molecule is CCCC(C)CCCCCC1C(C)C1C. The molecule has 1 aliphatic carbocycles. The quantitative estimate of drug-likeness (QED) is 0.478. The summed E-state index contributed by atoms with van der Waals surface area (Å²) in [4.78, 5) is 0. The second kappa shape index (κ2) is 6.55. The van der Waals surface area contributed by atoms with E-state index in [0.29, 0.717) is 0 Å². The zero-order chi connectivity index (χ0) is 11.3. The van der Waals surface area contributed by atoms with E-state index in [4.69, 9.17) is 0 Å². The molecule has 0 bridgehead atoms. The molecule has 3 atom stereocenters. The summed E-state index contributed by atoms with van der Waals surface area (Å²) in [6.07, 6.45) is 10.2. The number of hydrogen-bond acceptors (Lipinski definition) is 0. The summed E-state index contributed by atoms with van der Waals surface area (Å²) >= 11 is 0. The van der Waals surface area contributed by atoms with Gasteiger partial charge in [-0.25, -0.2) is 0 Å². The van der Waals surface area contributed by atoms with Crippen molar-refractivity contribution in [2.45, 2.75) is 72.6 Å². The van der Waals surface area contributed by atoms with Crippen molar-refractivity contribution in [3.05, 3.63) is 0 Å². The van der Waals surface area contributed by atoms with Crippen LogP contribution in [0.4, 0.5) is 0 Å². The molecule has 3 unspecified atom stereocenters. The van der Waals surface area contributed by atoms with Gasteiger partial charge in [0.25, 0.3) is 0 Å². The Balaban J connectivity index is 1.85. The van der Waals surface area contributed by atoms with Gasteiger partial charge in [-0.15, -0.1) is 0 Å². The second-order valence-corrected chi connectivity index (χ2v) is 5.91. The molecule has 0 saturated heterocycles. The molecule has 0 spiro atoms. The molecule has 0 aromatic carbocycles. The number of rotatable bonds is 8. The summed E-state index contributed by atoms with van der Waals surface area (Å²) in [6.45, 7) is 9.54. The first-order chi connectivity index (χ1) is 7.16. The Kier molecular flexibility index (Phi) is 5.71. The molecule has 15 heavy (non-hydrogen) atoms. The lowest BCUT2D eigenvalue weighted by Gasteiger charge is -2.09. The van der Waals surface area contributed by atoms with Crippen LogP contribution in [0.5, 0.6) is 0 Å². The summed E-state index contributed by atoms with van der Waals surface area (Å²) in [7, 11) is 0. The molecule has 0 amide bonds. The molecule has 0 aromatic rings. The van der Waals surface area contributed by atoms with Gasteiger partial charge in [0.2, 0.25) is 0 Å². The average Bonchev–Trinajstić information content (AvgIpc) is 2.75. The van der Waals surface area contributed by atoms with Crippen molar-refractivity contribution in [2.75, 3.05) is 0 Å². The van der Waals surface area contributed by atoms with Crippen molar-refractivity contribution < 1.29 is 0 Å². The molecule has 0 radical (unpaired) electrons. The first kappa shape index (κ1) is 13.1. The number of hydrogen-bond donors (Lipinski definition) is 0. The van der Waals surface area contributed by atoms with Crippen molar-refractivity contribution in [1.29, 1.82) is 0 Å². The third-order valence-corrected chi connectivity index (χ3v) is 4.56. The highest BCUT2D eigenvalue weighted by molar-refractivity contribution is 4.90. The van der Waals surface area contributed by atoms with Crippen molar-refractivity contribution >= 4 is 0 Å².